The van der Waals surface area contributed by atoms with Gasteiger partial charge in [-0.15, -0.1) is 6.58 Å². The third kappa shape index (κ3) is 2.95. The minimum atomic E-state index is 0.615. The Morgan fingerprint density at radius 1 is 1.20 bits per heavy atom. The molecule has 1 aromatic carbocycles. The number of aryl methyl sites for hydroxylation is 2. The number of hydrogen-bond donors (Lipinski definition) is 0. The van der Waals surface area contributed by atoms with Crippen LogP contribution in [-0.4, -0.2) is 0 Å². The predicted octanol–water partition coefficient (Wildman–Crippen LogP) is 4.37. The molecule has 0 amide bonds. The van der Waals surface area contributed by atoms with Gasteiger partial charge in [-0.05, 0) is 61.8 Å². The van der Waals surface area contributed by atoms with Crippen molar-refractivity contribution in [1.82, 2.24) is 0 Å². The van der Waals surface area contributed by atoms with Gasteiger partial charge in [0.25, 0.3) is 0 Å². The van der Waals surface area contributed by atoms with Gasteiger partial charge in [-0.2, -0.15) is 0 Å². The van der Waals surface area contributed by atoms with Crippen LogP contribution in [0.25, 0.3) is 0 Å². The first-order valence-electron chi connectivity index (χ1n) is 5.74. The van der Waals surface area contributed by atoms with Crippen LogP contribution in [0, 0.1) is 26.7 Å². The highest BCUT2D eigenvalue weighted by atomic mass is 14.1. The topological polar surface area (TPSA) is 0 Å². The molecule has 1 unspecified atom stereocenters. The number of benzene rings is 1. The van der Waals surface area contributed by atoms with E-state index >= 15 is 0 Å². The molecule has 1 rings (SSSR count). The third-order valence-corrected chi connectivity index (χ3v) is 3.36. The average Bonchev–Trinajstić information content (AvgIpc) is 2.23. The van der Waals surface area contributed by atoms with E-state index in [9.17, 15) is 0 Å². The number of hydrogen-bond acceptors (Lipinski definition) is 0. The Hall–Kier alpha value is -1.04. The summed E-state index contributed by atoms with van der Waals surface area (Å²) in [7, 11) is 0. The summed E-state index contributed by atoms with van der Waals surface area (Å²) >= 11 is 0. The maximum absolute atomic E-state index is 3.84. The van der Waals surface area contributed by atoms with Crippen LogP contribution in [0.3, 0.4) is 0 Å². The predicted molar refractivity (Wildman–Crippen MR) is 68.3 cm³/mol. The van der Waals surface area contributed by atoms with Crippen molar-refractivity contribution in [1.29, 1.82) is 0 Å². The summed E-state index contributed by atoms with van der Waals surface area (Å²) in [6, 6.07) is 4.45. The smallest absolute Gasteiger partial charge is 0.0261 e. The van der Waals surface area contributed by atoms with Crippen molar-refractivity contribution in [3.8, 4) is 0 Å². The van der Waals surface area contributed by atoms with Gasteiger partial charge in [0, 0.05) is 0 Å². The summed E-state index contributed by atoms with van der Waals surface area (Å²) < 4.78 is 0. The molecule has 0 aliphatic heterocycles. The van der Waals surface area contributed by atoms with E-state index in [-0.39, 0.29) is 0 Å². The molecule has 0 heteroatoms. The van der Waals surface area contributed by atoms with Crippen molar-refractivity contribution in [3.63, 3.8) is 0 Å². The largest absolute Gasteiger partial charge is 0.103 e. The van der Waals surface area contributed by atoms with Gasteiger partial charge in [-0.3, -0.25) is 0 Å². The fourth-order valence-electron chi connectivity index (χ4n) is 1.88. The molecule has 0 aliphatic rings. The van der Waals surface area contributed by atoms with Gasteiger partial charge in [-0.1, -0.05) is 25.1 Å². The van der Waals surface area contributed by atoms with E-state index in [1.807, 2.05) is 6.08 Å². The molecule has 0 saturated heterocycles. The zero-order valence-corrected chi connectivity index (χ0v) is 10.4. The minimum absolute atomic E-state index is 0.615. The van der Waals surface area contributed by atoms with Crippen LogP contribution in [0.5, 0.6) is 0 Å². The van der Waals surface area contributed by atoms with Gasteiger partial charge >= 0.3 is 0 Å². The molecule has 0 heterocycles. The zero-order valence-electron chi connectivity index (χ0n) is 10.4. The van der Waals surface area contributed by atoms with Crippen LogP contribution in [0.2, 0.25) is 0 Å². The summed E-state index contributed by atoms with van der Waals surface area (Å²) in [6.07, 6.45) is 4.42. The molecule has 1 atom stereocenters. The van der Waals surface area contributed by atoms with Gasteiger partial charge < -0.3 is 0 Å². The summed E-state index contributed by atoms with van der Waals surface area (Å²) in [4.78, 5) is 0. The van der Waals surface area contributed by atoms with Gasteiger partial charge in [0.05, 0.1) is 0 Å². The van der Waals surface area contributed by atoms with E-state index in [0.717, 1.165) is 0 Å². The lowest BCUT2D eigenvalue weighted by atomic mass is 9.92. The van der Waals surface area contributed by atoms with E-state index in [1.54, 1.807) is 0 Å². The van der Waals surface area contributed by atoms with Crippen molar-refractivity contribution >= 4 is 0 Å². The molecule has 0 saturated carbocycles. The van der Waals surface area contributed by atoms with Gasteiger partial charge in [0.2, 0.25) is 0 Å². The molecule has 0 aromatic heterocycles. The lowest BCUT2D eigenvalue weighted by molar-refractivity contribution is 0.646. The second kappa shape index (κ2) is 5.16. The van der Waals surface area contributed by atoms with E-state index in [4.69, 9.17) is 0 Å². The van der Waals surface area contributed by atoms with Gasteiger partial charge in [0.15, 0.2) is 0 Å². The number of allylic oxidation sites excluding steroid dienone is 1. The first-order valence-corrected chi connectivity index (χ1v) is 5.74. The van der Waals surface area contributed by atoms with Crippen molar-refractivity contribution in [3.05, 3.63) is 47.0 Å². The minimum Gasteiger partial charge on any atom is -0.103 e. The molecule has 82 valence electrons. The maximum atomic E-state index is 3.84. The highest BCUT2D eigenvalue weighted by Crippen LogP contribution is 2.20. The van der Waals surface area contributed by atoms with E-state index in [2.05, 4.69) is 46.4 Å². The van der Waals surface area contributed by atoms with E-state index in [1.165, 1.54) is 35.1 Å². The fourth-order valence-corrected chi connectivity index (χ4v) is 1.88. The van der Waals surface area contributed by atoms with E-state index < -0.39 is 0 Å². The lowest BCUT2D eigenvalue weighted by Gasteiger charge is -2.13. The molecular formula is C15H22. The molecule has 0 bridgehead atoms. The monoisotopic (exact) mass is 202 g/mol. The molecule has 0 spiro atoms. The van der Waals surface area contributed by atoms with Crippen LogP contribution in [0.15, 0.2) is 24.8 Å². The molecule has 0 N–H and O–H groups in total. The second-order valence-corrected chi connectivity index (χ2v) is 4.55. The molecule has 1 aromatic rings. The highest BCUT2D eigenvalue weighted by Gasteiger charge is 2.06. The Bertz CT molecular complexity index is 347. The standard InChI is InChI=1S/C15H22/c1-6-11(2)7-10-15-13(4)9-8-12(3)14(15)5/h6,8-9,11H,1,7,10H2,2-5H3. The van der Waals surface area contributed by atoms with Crippen LogP contribution in [0.1, 0.15) is 35.6 Å². The van der Waals surface area contributed by atoms with Crippen LogP contribution >= 0.6 is 0 Å². The average molecular weight is 202 g/mol. The summed E-state index contributed by atoms with van der Waals surface area (Å²) in [5, 5.41) is 0. The Kier molecular flexibility index (Phi) is 4.14. The Morgan fingerprint density at radius 2 is 1.80 bits per heavy atom. The Balaban J connectivity index is 2.84. The maximum Gasteiger partial charge on any atom is -0.0261 e. The highest BCUT2D eigenvalue weighted by molar-refractivity contribution is 5.39. The zero-order chi connectivity index (χ0) is 11.4. The summed E-state index contributed by atoms with van der Waals surface area (Å²) in [6.45, 7) is 12.7. The fraction of sp³-hybridized carbons (Fsp3) is 0.467. The quantitative estimate of drug-likeness (QED) is 0.636. The van der Waals surface area contributed by atoms with Gasteiger partial charge in [-0.25, -0.2) is 0 Å². The van der Waals surface area contributed by atoms with Crippen molar-refractivity contribution in [2.75, 3.05) is 0 Å². The first-order chi connectivity index (χ1) is 7.06. The van der Waals surface area contributed by atoms with Crippen molar-refractivity contribution in [2.24, 2.45) is 5.92 Å². The lowest BCUT2D eigenvalue weighted by Crippen LogP contribution is -1.99. The SMILES string of the molecule is C=CC(C)CCc1c(C)ccc(C)c1C. The normalized spacial score (nSPS) is 12.5. The van der Waals surface area contributed by atoms with Crippen LogP contribution in [-0.2, 0) is 6.42 Å². The molecule has 15 heavy (non-hydrogen) atoms. The van der Waals surface area contributed by atoms with Gasteiger partial charge in [0.1, 0.15) is 0 Å². The first kappa shape index (κ1) is 12.0. The Labute approximate surface area is 94.0 Å². The molecule has 0 aliphatic carbocycles. The summed E-state index contributed by atoms with van der Waals surface area (Å²) in [5.41, 5.74) is 5.83. The third-order valence-electron chi connectivity index (χ3n) is 3.36. The number of rotatable bonds is 4. The van der Waals surface area contributed by atoms with Crippen molar-refractivity contribution in [2.45, 2.75) is 40.5 Å². The Morgan fingerprint density at radius 3 is 2.40 bits per heavy atom. The second-order valence-electron chi connectivity index (χ2n) is 4.55. The van der Waals surface area contributed by atoms with E-state index in [0.29, 0.717) is 5.92 Å². The molecule has 0 nitrogen and oxygen atoms in total. The van der Waals surface area contributed by atoms with Crippen LogP contribution < -0.4 is 0 Å². The molecule has 0 fully saturated rings. The summed E-state index contributed by atoms with van der Waals surface area (Å²) in [5.74, 6) is 0.615. The molecular weight excluding hydrogens is 180 g/mol. The molecule has 0 radical (unpaired) electrons. The van der Waals surface area contributed by atoms with Crippen molar-refractivity contribution < 1.29 is 0 Å². The van der Waals surface area contributed by atoms with Crippen LogP contribution in [0.4, 0.5) is 0 Å².